The van der Waals surface area contributed by atoms with Crippen LogP contribution in [0.4, 0.5) is 0 Å². The quantitative estimate of drug-likeness (QED) is 0.814. The SMILES string of the molecule is O=c1cc(CNCCN2CCCC2)c2ccccc2[nH]1. The number of fused-ring (bicyclic) bond motifs is 1. The van der Waals surface area contributed by atoms with Crippen LogP contribution in [0.15, 0.2) is 35.1 Å². The number of rotatable bonds is 5. The van der Waals surface area contributed by atoms with Gasteiger partial charge in [-0.25, -0.2) is 0 Å². The van der Waals surface area contributed by atoms with Crippen LogP contribution < -0.4 is 10.9 Å². The Balaban J connectivity index is 1.63. The standard InChI is InChI=1S/C16H21N3O/c20-16-11-13(14-5-1-2-6-15(14)18-16)12-17-7-10-19-8-3-4-9-19/h1-2,5-6,11,17H,3-4,7-10,12H2,(H,18,20). The molecule has 1 aliphatic rings. The zero-order valence-electron chi connectivity index (χ0n) is 11.7. The summed E-state index contributed by atoms with van der Waals surface area (Å²) in [5, 5.41) is 4.58. The predicted molar refractivity (Wildman–Crippen MR) is 81.9 cm³/mol. The monoisotopic (exact) mass is 271 g/mol. The lowest BCUT2D eigenvalue weighted by atomic mass is 10.1. The molecule has 0 saturated carbocycles. The highest BCUT2D eigenvalue weighted by Gasteiger charge is 2.10. The van der Waals surface area contributed by atoms with Gasteiger partial charge in [-0.1, -0.05) is 18.2 Å². The molecule has 0 atom stereocenters. The Hall–Kier alpha value is -1.65. The van der Waals surface area contributed by atoms with Crippen LogP contribution in [-0.2, 0) is 6.54 Å². The van der Waals surface area contributed by atoms with Gasteiger partial charge in [0, 0.05) is 36.6 Å². The molecule has 0 unspecified atom stereocenters. The van der Waals surface area contributed by atoms with Crippen LogP contribution in [0.1, 0.15) is 18.4 Å². The summed E-state index contributed by atoms with van der Waals surface area (Å²) >= 11 is 0. The van der Waals surface area contributed by atoms with E-state index in [1.54, 1.807) is 6.07 Å². The summed E-state index contributed by atoms with van der Waals surface area (Å²) in [5.74, 6) is 0. The summed E-state index contributed by atoms with van der Waals surface area (Å²) in [5.41, 5.74) is 1.96. The average molecular weight is 271 g/mol. The second kappa shape index (κ2) is 6.20. The van der Waals surface area contributed by atoms with E-state index in [9.17, 15) is 4.79 Å². The molecule has 1 aliphatic heterocycles. The number of para-hydroxylation sites is 1. The molecule has 0 amide bonds. The van der Waals surface area contributed by atoms with Crippen molar-refractivity contribution in [2.24, 2.45) is 0 Å². The zero-order chi connectivity index (χ0) is 13.8. The van der Waals surface area contributed by atoms with Gasteiger partial charge >= 0.3 is 0 Å². The summed E-state index contributed by atoms with van der Waals surface area (Å²) in [4.78, 5) is 17.0. The summed E-state index contributed by atoms with van der Waals surface area (Å²) in [7, 11) is 0. The Morgan fingerprint density at radius 2 is 2.00 bits per heavy atom. The Bertz CT molecular complexity index is 629. The van der Waals surface area contributed by atoms with Crippen molar-refractivity contribution in [1.82, 2.24) is 15.2 Å². The molecule has 1 aromatic heterocycles. The van der Waals surface area contributed by atoms with Gasteiger partial charge in [0.2, 0.25) is 5.56 Å². The zero-order valence-corrected chi connectivity index (χ0v) is 11.7. The second-order valence-electron chi connectivity index (χ2n) is 5.43. The van der Waals surface area contributed by atoms with Crippen LogP contribution in [0.25, 0.3) is 10.9 Å². The van der Waals surface area contributed by atoms with Crippen molar-refractivity contribution in [2.75, 3.05) is 26.2 Å². The third kappa shape index (κ3) is 3.08. The fourth-order valence-corrected chi connectivity index (χ4v) is 2.89. The number of nitrogens with one attached hydrogen (secondary N) is 2. The van der Waals surface area contributed by atoms with E-state index in [1.165, 1.54) is 25.9 Å². The van der Waals surface area contributed by atoms with E-state index in [0.717, 1.165) is 36.1 Å². The molecule has 2 N–H and O–H groups in total. The van der Waals surface area contributed by atoms with Gasteiger partial charge in [-0.2, -0.15) is 0 Å². The molecule has 106 valence electrons. The molecule has 3 rings (SSSR count). The first kappa shape index (κ1) is 13.3. The van der Waals surface area contributed by atoms with E-state index in [0.29, 0.717) is 0 Å². The van der Waals surface area contributed by atoms with E-state index in [-0.39, 0.29) is 5.56 Å². The number of hydrogen-bond acceptors (Lipinski definition) is 3. The van der Waals surface area contributed by atoms with Crippen molar-refractivity contribution in [3.05, 3.63) is 46.2 Å². The van der Waals surface area contributed by atoms with Gasteiger partial charge in [-0.05, 0) is 37.6 Å². The first-order valence-corrected chi connectivity index (χ1v) is 7.37. The third-order valence-corrected chi connectivity index (χ3v) is 3.96. The summed E-state index contributed by atoms with van der Waals surface area (Å²) in [6.45, 7) is 5.28. The van der Waals surface area contributed by atoms with E-state index < -0.39 is 0 Å². The van der Waals surface area contributed by atoms with Crippen molar-refractivity contribution in [3.63, 3.8) is 0 Å². The van der Waals surface area contributed by atoms with Crippen LogP contribution in [0, 0.1) is 0 Å². The Morgan fingerprint density at radius 3 is 2.85 bits per heavy atom. The number of nitrogens with zero attached hydrogens (tertiary/aromatic N) is 1. The Labute approximate surface area is 118 Å². The highest BCUT2D eigenvalue weighted by molar-refractivity contribution is 5.81. The molecule has 0 spiro atoms. The lowest BCUT2D eigenvalue weighted by Crippen LogP contribution is -2.29. The van der Waals surface area contributed by atoms with E-state index in [1.807, 2.05) is 18.2 Å². The second-order valence-corrected chi connectivity index (χ2v) is 5.43. The maximum absolute atomic E-state index is 11.7. The van der Waals surface area contributed by atoms with E-state index in [4.69, 9.17) is 0 Å². The minimum absolute atomic E-state index is 0.0277. The first-order valence-electron chi connectivity index (χ1n) is 7.37. The maximum Gasteiger partial charge on any atom is 0.248 e. The topological polar surface area (TPSA) is 48.1 Å². The number of aromatic amines is 1. The molecule has 1 saturated heterocycles. The summed E-state index contributed by atoms with van der Waals surface area (Å²) in [6, 6.07) is 9.66. The molecule has 2 heterocycles. The molecule has 0 bridgehead atoms. The molecule has 0 aliphatic carbocycles. The van der Waals surface area contributed by atoms with Crippen molar-refractivity contribution in [2.45, 2.75) is 19.4 Å². The Morgan fingerprint density at radius 1 is 1.20 bits per heavy atom. The molecule has 4 nitrogen and oxygen atoms in total. The van der Waals surface area contributed by atoms with Crippen LogP contribution >= 0.6 is 0 Å². The maximum atomic E-state index is 11.7. The van der Waals surface area contributed by atoms with Crippen molar-refractivity contribution in [1.29, 1.82) is 0 Å². The summed E-state index contributed by atoms with van der Waals surface area (Å²) in [6.07, 6.45) is 2.66. The third-order valence-electron chi connectivity index (χ3n) is 3.96. The van der Waals surface area contributed by atoms with Gasteiger partial charge in [-0.15, -0.1) is 0 Å². The molecule has 1 aromatic carbocycles. The number of benzene rings is 1. The van der Waals surface area contributed by atoms with Crippen LogP contribution in [0.3, 0.4) is 0 Å². The lowest BCUT2D eigenvalue weighted by Gasteiger charge is -2.15. The highest BCUT2D eigenvalue weighted by atomic mass is 16.1. The molecule has 4 heteroatoms. The van der Waals surface area contributed by atoms with Gasteiger partial charge in [-0.3, -0.25) is 4.79 Å². The van der Waals surface area contributed by atoms with Gasteiger partial charge in [0.25, 0.3) is 0 Å². The van der Waals surface area contributed by atoms with Gasteiger partial charge in [0.1, 0.15) is 0 Å². The van der Waals surface area contributed by atoms with Crippen LogP contribution in [0.2, 0.25) is 0 Å². The highest BCUT2D eigenvalue weighted by Crippen LogP contribution is 2.14. The van der Waals surface area contributed by atoms with Crippen molar-refractivity contribution >= 4 is 10.9 Å². The minimum Gasteiger partial charge on any atom is -0.322 e. The molecular formula is C16H21N3O. The largest absolute Gasteiger partial charge is 0.322 e. The smallest absolute Gasteiger partial charge is 0.248 e. The average Bonchev–Trinajstić information content (AvgIpc) is 2.96. The van der Waals surface area contributed by atoms with E-state index >= 15 is 0 Å². The van der Waals surface area contributed by atoms with Crippen LogP contribution in [-0.4, -0.2) is 36.1 Å². The Kier molecular flexibility index (Phi) is 4.14. The predicted octanol–water partition coefficient (Wildman–Crippen LogP) is 1.71. The van der Waals surface area contributed by atoms with Crippen LogP contribution in [0.5, 0.6) is 0 Å². The summed E-state index contributed by atoms with van der Waals surface area (Å²) < 4.78 is 0. The van der Waals surface area contributed by atoms with Gasteiger partial charge in [0.05, 0.1) is 0 Å². The van der Waals surface area contributed by atoms with Crippen molar-refractivity contribution in [3.8, 4) is 0 Å². The number of H-pyrrole nitrogens is 1. The molecular weight excluding hydrogens is 250 g/mol. The number of likely N-dealkylation sites (tertiary alicyclic amines) is 1. The normalized spacial score (nSPS) is 16.0. The molecule has 20 heavy (non-hydrogen) atoms. The lowest BCUT2D eigenvalue weighted by molar-refractivity contribution is 0.336. The van der Waals surface area contributed by atoms with Gasteiger partial charge in [0.15, 0.2) is 0 Å². The van der Waals surface area contributed by atoms with Crippen molar-refractivity contribution < 1.29 is 0 Å². The molecule has 0 radical (unpaired) electrons. The molecule has 1 fully saturated rings. The number of aromatic nitrogens is 1. The van der Waals surface area contributed by atoms with E-state index in [2.05, 4.69) is 21.3 Å². The molecule has 2 aromatic rings. The first-order chi connectivity index (χ1) is 9.83. The fourth-order valence-electron chi connectivity index (χ4n) is 2.89. The minimum atomic E-state index is -0.0277. The number of pyridine rings is 1. The fraction of sp³-hybridized carbons (Fsp3) is 0.438. The van der Waals surface area contributed by atoms with Gasteiger partial charge < -0.3 is 15.2 Å². The number of hydrogen-bond donors (Lipinski definition) is 2.